The molecule has 0 radical (unpaired) electrons. The lowest BCUT2D eigenvalue weighted by molar-refractivity contribution is 0.131. The molecule has 1 aliphatic carbocycles. The van der Waals surface area contributed by atoms with Crippen LogP contribution in [-0.4, -0.2) is 10.5 Å². The van der Waals surface area contributed by atoms with Crippen LogP contribution in [0.2, 0.25) is 0 Å². The van der Waals surface area contributed by atoms with Crippen molar-refractivity contribution in [1.82, 2.24) is 0 Å². The summed E-state index contributed by atoms with van der Waals surface area (Å²) in [4.78, 5) is 8.70. The molecule has 2 atom stereocenters. The summed E-state index contributed by atoms with van der Waals surface area (Å²) in [5.41, 5.74) is 1.81. The van der Waals surface area contributed by atoms with Crippen LogP contribution in [0.15, 0.2) is 23.3 Å². The SMILES string of the molecule is CC1=C(C)CC(C)(O[PH](=O)O)C=C1. The standard InChI is InChI=1S/C9H15O3P/c1-7-4-5-9(3,6-8(7)2)12-13(10)11/h4-5,13H,6H2,1-3H3,(H,10,11). The Hall–Kier alpha value is -0.370. The Bertz CT molecular complexity index is 293. The minimum Gasteiger partial charge on any atom is -0.326 e. The highest BCUT2D eigenvalue weighted by Crippen LogP contribution is 2.35. The smallest absolute Gasteiger partial charge is 0.317 e. The first-order chi connectivity index (χ1) is 5.93. The van der Waals surface area contributed by atoms with E-state index in [1.54, 1.807) is 0 Å². The summed E-state index contributed by atoms with van der Waals surface area (Å²) in [6.07, 6.45) is 4.46. The molecule has 0 amide bonds. The van der Waals surface area contributed by atoms with Crippen molar-refractivity contribution in [2.45, 2.75) is 32.8 Å². The fraction of sp³-hybridized carbons (Fsp3) is 0.556. The summed E-state index contributed by atoms with van der Waals surface area (Å²) in [6, 6.07) is 0. The lowest BCUT2D eigenvalue weighted by Gasteiger charge is -2.28. The van der Waals surface area contributed by atoms with Gasteiger partial charge in [0.1, 0.15) is 0 Å². The van der Waals surface area contributed by atoms with E-state index in [-0.39, 0.29) is 0 Å². The van der Waals surface area contributed by atoms with Gasteiger partial charge < -0.3 is 4.89 Å². The van der Waals surface area contributed by atoms with Crippen molar-refractivity contribution in [1.29, 1.82) is 0 Å². The van der Waals surface area contributed by atoms with Crippen LogP contribution in [0.3, 0.4) is 0 Å². The molecule has 0 aromatic heterocycles. The van der Waals surface area contributed by atoms with E-state index in [1.165, 1.54) is 11.1 Å². The van der Waals surface area contributed by atoms with Crippen LogP contribution in [0, 0.1) is 0 Å². The summed E-state index contributed by atoms with van der Waals surface area (Å²) in [6.45, 7) is 5.85. The van der Waals surface area contributed by atoms with Crippen molar-refractivity contribution >= 4 is 8.25 Å². The van der Waals surface area contributed by atoms with Crippen molar-refractivity contribution in [2.24, 2.45) is 0 Å². The Morgan fingerprint density at radius 3 is 2.69 bits per heavy atom. The second kappa shape index (κ2) is 3.79. The normalized spacial score (nSPS) is 30.8. The highest BCUT2D eigenvalue weighted by Gasteiger charge is 2.27. The predicted molar refractivity (Wildman–Crippen MR) is 52.8 cm³/mol. The van der Waals surface area contributed by atoms with Crippen molar-refractivity contribution in [3.8, 4) is 0 Å². The third kappa shape index (κ3) is 2.80. The summed E-state index contributed by atoms with van der Waals surface area (Å²) < 4.78 is 15.6. The molecule has 0 aromatic rings. The summed E-state index contributed by atoms with van der Waals surface area (Å²) in [5, 5.41) is 0. The van der Waals surface area contributed by atoms with E-state index in [9.17, 15) is 4.57 Å². The summed E-state index contributed by atoms with van der Waals surface area (Å²) >= 11 is 0. The van der Waals surface area contributed by atoms with Gasteiger partial charge in [0.15, 0.2) is 0 Å². The van der Waals surface area contributed by atoms with Gasteiger partial charge in [-0.15, -0.1) is 0 Å². The number of allylic oxidation sites excluding steroid dienone is 2. The van der Waals surface area contributed by atoms with E-state index >= 15 is 0 Å². The maximum atomic E-state index is 10.6. The minimum absolute atomic E-state index is 0.603. The van der Waals surface area contributed by atoms with Crippen molar-refractivity contribution in [3.63, 3.8) is 0 Å². The van der Waals surface area contributed by atoms with Crippen LogP contribution in [-0.2, 0) is 9.09 Å². The van der Waals surface area contributed by atoms with Crippen LogP contribution in [0.4, 0.5) is 0 Å². The molecule has 1 rings (SSSR count). The van der Waals surface area contributed by atoms with Gasteiger partial charge in [0.25, 0.3) is 0 Å². The first-order valence-electron chi connectivity index (χ1n) is 4.20. The largest absolute Gasteiger partial charge is 0.326 e. The minimum atomic E-state index is -2.86. The Kier molecular flexibility index (Phi) is 3.12. The van der Waals surface area contributed by atoms with Gasteiger partial charge in [0.2, 0.25) is 0 Å². The van der Waals surface area contributed by atoms with E-state index in [4.69, 9.17) is 9.42 Å². The molecule has 0 aliphatic heterocycles. The quantitative estimate of drug-likeness (QED) is 0.699. The maximum absolute atomic E-state index is 10.6. The third-order valence-electron chi connectivity index (χ3n) is 2.30. The molecule has 74 valence electrons. The van der Waals surface area contributed by atoms with E-state index in [2.05, 4.69) is 0 Å². The zero-order chi connectivity index (χ0) is 10.1. The van der Waals surface area contributed by atoms with E-state index < -0.39 is 13.9 Å². The number of rotatable bonds is 2. The van der Waals surface area contributed by atoms with Crippen molar-refractivity contribution < 1.29 is 14.0 Å². The Balaban J connectivity index is 2.78. The lowest BCUT2D eigenvalue weighted by atomic mass is 9.89. The first-order valence-corrected chi connectivity index (χ1v) is 5.47. The van der Waals surface area contributed by atoms with Crippen LogP contribution in [0.5, 0.6) is 0 Å². The molecule has 1 aliphatic rings. The molecule has 0 heterocycles. The molecular weight excluding hydrogens is 187 g/mol. The van der Waals surface area contributed by atoms with Crippen molar-refractivity contribution in [2.75, 3.05) is 0 Å². The predicted octanol–water partition coefficient (Wildman–Crippen LogP) is 2.44. The van der Waals surface area contributed by atoms with Gasteiger partial charge in [-0.3, -0.25) is 9.09 Å². The average Bonchev–Trinajstić information content (AvgIpc) is 1.96. The van der Waals surface area contributed by atoms with Gasteiger partial charge in [-0.05, 0) is 20.8 Å². The summed E-state index contributed by atoms with van der Waals surface area (Å²) in [7, 11) is -2.86. The average molecular weight is 202 g/mol. The zero-order valence-corrected chi connectivity index (χ0v) is 9.13. The molecule has 13 heavy (non-hydrogen) atoms. The second-order valence-corrected chi connectivity index (χ2v) is 4.39. The van der Waals surface area contributed by atoms with Gasteiger partial charge in [0.05, 0.1) is 5.60 Å². The second-order valence-electron chi connectivity index (χ2n) is 3.65. The molecule has 3 nitrogen and oxygen atoms in total. The van der Waals surface area contributed by atoms with E-state index in [0.717, 1.165) is 0 Å². The van der Waals surface area contributed by atoms with Gasteiger partial charge in [-0.2, -0.15) is 0 Å². The highest BCUT2D eigenvalue weighted by molar-refractivity contribution is 7.32. The molecular formula is C9H15O3P. The Labute approximate surface area is 79.1 Å². The topological polar surface area (TPSA) is 46.5 Å². The van der Waals surface area contributed by atoms with Crippen molar-refractivity contribution in [3.05, 3.63) is 23.3 Å². The fourth-order valence-electron chi connectivity index (χ4n) is 1.44. The van der Waals surface area contributed by atoms with E-state index in [1.807, 2.05) is 32.9 Å². The molecule has 0 saturated carbocycles. The number of hydrogen-bond donors (Lipinski definition) is 1. The fourth-order valence-corrected chi connectivity index (χ4v) is 1.98. The van der Waals surface area contributed by atoms with Gasteiger partial charge in [-0.25, -0.2) is 0 Å². The van der Waals surface area contributed by atoms with Gasteiger partial charge >= 0.3 is 8.25 Å². The monoisotopic (exact) mass is 202 g/mol. The Morgan fingerprint density at radius 2 is 2.23 bits per heavy atom. The lowest BCUT2D eigenvalue weighted by Crippen LogP contribution is -2.25. The molecule has 0 fully saturated rings. The maximum Gasteiger partial charge on any atom is 0.317 e. The van der Waals surface area contributed by atoms with Crippen LogP contribution in [0.1, 0.15) is 27.2 Å². The van der Waals surface area contributed by atoms with E-state index in [0.29, 0.717) is 6.42 Å². The van der Waals surface area contributed by atoms with Gasteiger partial charge in [0, 0.05) is 6.42 Å². The van der Waals surface area contributed by atoms with Crippen LogP contribution >= 0.6 is 8.25 Å². The van der Waals surface area contributed by atoms with Gasteiger partial charge in [-0.1, -0.05) is 23.3 Å². The third-order valence-corrected chi connectivity index (χ3v) is 2.94. The molecule has 0 spiro atoms. The summed E-state index contributed by atoms with van der Waals surface area (Å²) in [5.74, 6) is 0. The molecule has 4 heteroatoms. The van der Waals surface area contributed by atoms with Crippen LogP contribution in [0.25, 0.3) is 0 Å². The molecule has 1 N–H and O–H groups in total. The molecule has 0 saturated heterocycles. The Morgan fingerprint density at radius 1 is 1.62 bits per heavy atom. The molecule has 2 unspecified atom stereocenters. The first kappa shape index (κ1) is 10.7. The molecule has 0 bridgehead atoms. The highest BCUT2D eigenvalue weighted by atomic mass is 31.1. The number of hydrogen-bond acceptors (Lipinski definition) is 2. The molecule has 0 aromatic carbocycles. The van der Waals surface area contributed by atoms with Crippen LogP contribution < -0.4 is 0 Å². The zero-order valence-electron chi connectivity index (χ0n) is 8.13.